The quantitative estimate of drug-likeness (QED) is 0.329. The maximum atomic E-state index is 13.4. The zero-order valence-electron chi connectivity index (χ0n) is 27.0. The molecule has 2 heterocycles. The number of fused-ring (bicyclic) bond motifs is 3. The van der Waals surface area contributed by atoms with Gasteiger partial charge < -0.3 is 25.3 Å². The van der Waals surface area contributed by atoms with Crippen LogP contribution in [0.25, 0.3) is 0 Å². The highest BCUT2D eigenvalue weighted by Gasteiger charge is 2.54. The van der Waals surface area contributed by atoms with Crippen molar-refractivity contribution >= 4 is 17.7 Å². The highest BCUT2D eigenvalue weighted by atomic mass is 16.4. The monoisotopic (exact) mass is 623 g/mol. The van der Waals surface area contributed by atoms with Gasteiger partial charge in [0.25, 0.3) is 11.8 Å². The molecule has 1 saturated carbocycles. The number of piperidine rings is 1. The Hall–Kier alpha value is -4.56. The van der Waals surface area contributed by atoms with E-state index >= 15 is 0 Å². The number of aromatic nitrogens is 2. The number of nitrogens with zero attached hydrogens (tertiary/aromatic N) is 4. The number of carbonyl (C=O) groups is 3. The van der Waals surface area contributed by atoms with Crippen LogP contribution in [0.1, 0.15) is 101 Å². The van der Waals surface area contributed by atoms with Gasteiger partial charge >= 0.3 is 0 Å². The lowest BCUT2D eigenvalue weighted by Gasteiger charge is -2.36. The molecule has 0 bridgehead atoms. The Morgan fingerprint density at radius 2 is 1.59 bits per heavy atom. The van der Waals surface area contributed by atoms with Crippen molar-refractivity contribution in [3.05, 3.63) is 81.6 Å². The summed E-state index contributed by atoms with van der Waals surface area (Å²) in [6.45, 7) is 6.13. The molecule has 6 rings (SSSR count). The fourth-order valence-corrected chi connectivity index (χ4v) is 7.41. The van der Waals surface area contributed by atoms with Crippen LogP contribution < -0.4 is 16.0 Å². The van der Waals surface area contributed by atoms with Gasteiger partial charge in [-0.15, -0.1) is 10.2 Å². The van der Waals surface area contributed by atoms with Crippen LogP contribution in [0.4, 0.5) is 0 Å². The van der Waals surface area contributed by atoms with Gasteiger partial charge in [-0.05, 0) is 91.5 Å². The van der Waals surface area contributed by atoms with Gasteiger partial charge in [0, 0.05) is 43.2 Å². The summed E-state index contributed by atoms with van der Waals surface area (Å²) in [6, 6.07) is 13.4. The number of hydrogen-bond donors (Lipinski definition) is 3. The van der Waals surface area contributed by atoms with Crippen LogP contribution in [0.2, 0.25) is 0 Å². The molecule has 11 heteroatoms. The third kappa shape index (κ3) is 5.45. The lowest BCUT2D eigenvalue weighted by atomic mass is 9.68. The molecule has 2 aliphatic carbocycles. The normalized spacial score (nSPS) is 21.3. The van der Waals surface area contributed by atoms with Crippen LogP contribution in [-0.2, 0) is 23.1 Å². The van der Waals surface area contributed by atoms with Crippen LogP contribution >= 0.6 is 0 Å². The Morgan fingerprint density at radius 3 is 2.11 bits per heavy atom. The summed E-state index contributed by atoms with van der Waals surface area (Å²) in [7, 11) is 3.22. The highest BCUT2D eigenvalue weighted by Crippen LogP contribution is 2.49. The van der Waals surface area contributed by atoms with Crippen molar-refractivity contribution in [2.24, 2.45) is 5.92 Å². The van der Waals surface area contributed by atoms with E-state index in [2.05, 4.69) is 32.2 Å². The third-order valence-electron chi connectivity index (χ3n) is 9.83. The van der Waals surface area contributed by atoms with Crippen LogP contribution in [0.3, 0.4) is 0 Å². The molecule has 1 aromatic heterocycles. The Kier molecular flexibility index (Phi) is 8.42. The van der Waals surface area contributed by atoms with Crippen LogP contribution in [0.15, 0.2) is 40.8 Å². The molecule has 0 unspecified atom stereocenters. The molecular weight excluding hydrogens is 582 g/mol. The van der Waals surface area contributed by atoms with Crippen LogP contribution in [-0.4, -0.2) is 71.6 Å². The number of nitrogens with one attached hydrogen (secondary N) is 3. The first-order chi connectivity index (χ1) is 22.1. The predicted octanol–water partition coefficient (Wildman–Crippen LogP) is 3.23. The lowest BCUT2D eigenvalue weighted by Crippen LogP contribution is -2.46. The number of nitriles is 1. The zero-order valence-corrected chi connectivity index (χ0v) is 27.0. The van der Waals surface area contributed by atoms with Crippen molar-refractivity contribution in [2.45, 2.75) is 82.3 Å². The van der Waals surface area contributed by atoms with Gasteiger partial charge in [0.2, 0.25) is 17.7 Å². The molecule has 2 fully saturated rings. The SMILES string of the molecule is CNC(=O)c1ccc2c(c1)CCc1cc(C(=O)NC)ccc1C2(C[C@@H](C)NCC(=O)N1[C@H](C#N)C[C@@H]2C[C@@H]21)c1nnc(C(C)C)o1. The third-order valence-corrected chi connectivity index (χ3v) is 9.83. The van der Waals surface area contributed by atoms with E-state index in [1.165, 1.54) is 0 Å². The zero-order chi connectivity index (χ0) is 32.7. The summed E-state index contributed by atoms with van der Waals surface area (Å²) in [4.78, 5) is 40.6. The number of rotatable bonds is 9. The van der Waals surface area contributed by atoms with E-state index in [4.69, 9.17) is 4.42 Å². The van der Waals surface area contributed by atoms with Crippen LogP contribution in [0, 0.1) is 17.2 Å². The summed E-state index contributed by atoms with van der Waals surface area (Å²) in [6.07, 6.45) is 3.44. The number of hydrogen-bond acceptors (Lipinski definition) is 8. The molecule has 0 spiro atoms. The highest BCUT2D eigenvalue weighted by molar-refractivity contribution is 5.95. The minimum absolute atomic E-state index is 0.00207. The van der Waals surface area contributed by atoms with E-state index in [0.717, 1.165) is 35.1 Å². The lowest BCUT2D eigenvalue weighted by molar-refractivity contribution is -0.131. The molecule has 1 saturated heterocycles. The maximum Gasteiger partial charge on any atom is 0.251 e. The Morgan fingerprint density at radius 1 is 0.978 bits per heavy atom. The summed E-state index contributed by atoms with van der Waals surface area (Å²) < 4.78 is 6.49. The number of benzene rings is 2. The minimum atomic E-state index is -0.955. The van der Waals surface area contributed by atoms with E-state index in [1.54, 1.807) is 19.0 Å². The van der Waals surface area contributed by atoms with Gasteiger partial charge in [0.15, 0.2) is 0 Å². The molecule has 2 aromatic carbocycles. The number of aryl methyl sites for hydroxylation is 2. The second-order valence-electron chi connectivity index (χ2n) is 13.1. The topological polar surface area (TPSA) is 153 Å². The molecule has 0 radical (unpaired) electrons. The summed E-state index contributed by atoms with van der Waals surface area (Å²) in [5.74, 6) is 0.955. The molecule has 3 N–H and O–H groups in total. The second kappa shape index (κ2) is 12.3. The molecule has 4 atom stereocenters. The summed E-state index contributed by atoms with van der Waals surface area (Å²) in [5, 5.41) is 27.6. The van der Waals surface area contributed by atoms with E-state index in [9.17, 15) is 19.6 Å². The Bertz CT molecular complexity index is 1660. The summed E-state index contributed by atoms with van der Waals surface area (Å²) >= 11 is 0. The molecule has 3 amide bonds. The van der Waals surface area contributed by atoms with Crippen molar-refractivity contribution in [1.82, 2.24) is 31.0 Å². The minimum Gasteiger partial charge on any atom is -0.424 e. The van der Waals surface area contributed by atoms with Gasteiger partial charge in [-0.25, -0.2) is 0 Å². The van der Waals surface area contributed by atoms with Crippen molar-refractivity contribution in [3.63, 3.8) is 0 Å². The Balaban J connectivity index is 1.45. The van der Waals surface area contributed by atoms with E-state index in [0.29, 0.717) is 48.1 Å². The van der Waals surface area contributed by atoms with Crippen molar-refractivity contribution in [3.8, 4) is 6.07 Å². The van der Waals surface area contributed by atoms with Gasteiger partial charge in [-0.2, -0.15) is 5.26 Å². The van der Waals surface area contributed by atoms with Crippen molar-refractivity contribution in [2.75, 3.05) is 20.6 Å². The standard InChI is InChI=1S/C35H41N7O4/c1-19(2)33-40-41-34(46-33)35(16-20(3)39-18-30(43)42-26(17-36)14-25-15-29(25)42)27-10-8-23(31(44)37-4)12-21(27)6-7-22-13-24(32(45)38-5)9-11-28(22)35/h8-13,19-20,25-26,29,39H,6-7,14-16,18H2,1-5H3,(H,37,44)(H,38,45)/t20-,25-,26+,29+/m1/s1. The second-order valence-corrected chi connectivity index (χ2v) is 13.1. The largest absolute Gasteiger partial charge is 0.424 e. The van der Waals surface area contributed by atoms with E-state index in [-0.39, 0.29) is 48.3 Å². The molecule has 3 aliphatic rings. The molecule has 46 heavy (non-hydrogen) atoms. The smallest absolute Gasteiger partial charge is 0.251 e. The number of amides is 3. The van der Waals surface area contributed by atoms with E-state index < -0.39 is 5.41 Å². The average molecular weight is 624 g/mol. The van der Waals surface area contributed by atoms with Gasteiger partial charge in [-0.1, -0.05) is 26.0 Å². The van der Waals surface area contributed by atoms with E-state index in [1.807, 2.05) is 57.2 Å². The van der Waals surface area contributed by atoms with Crippen molar-refractivity contribution in [1.29, 1.82) is 5.26 Å². The number of likely N-dealkylation sites (tertiary alicyclic amines) is 1. The van der Waals surface area contributed by atoms with Crippen LogP contribution in [0.5, 0.6) is 0 Å². The molecule has 240 valence electrons. The summed E-state index contributed by atoms with van der Waals surface area (Å²) in [5.41, 5.74) is 3.97. The fourth-order valence-electron chi connectivity index (χ4n) is 7.41. The first kappa shape index (κ1) is 31.4. The Labute approximate surface area is 269 Å². The predicted molar refractivity (Wildman–Crippen MR) is 170 cm³/mol. The van der Waals surface area contributed by atoms with Gasteiger partial charge in [0.05, 0.1) is 12.6 Å². The molecule has 1 aliphatic heterocycles. The molecule has 3 aromatic rings. The molecule has 11 nitrogen and oxygen atoms in total. The van der Waals surface area contributed by atoms with Crippen molar-refractivity contribution < 1.29 is 18.8 Å². The first-order valence-corrected chi connectivity index (χ1v) is 16.1. The number of carbonyl (C=O) groups excluding carboxylic acids is 3. The van der Waals surface area contributed by atoms with Gasteiger partial charge in [-0.3, -0.25) is 14.4 Å². The fraction of sp³-hybridized carbons (Fsp3) is 0.486. The molecular formula is C35H41N7O4. The average Bonchev–Trinajstić information content (AvgIpc) is 3.49. The maximum absolute atomic E-state index is 13.4. The van der Waals surface area contributed by atoms with Gasteiger partial charge in [0.1, 0.15) is 11.5 Å². The first-order valence-electron chi connectivity index (χ1n) is 16.1.